The third kappa shape index (κ3) is 8.13. The van der Waals surface area contributed by atoms with Crippen LogP contribution in [0.5, 0.6) is 0 Å². The lowest BCUT2D eigenvalue weighted by Gasteiger charge is -2.17. The zero-order valence-electron chi connectivity index (χ0n) is 17.9. The molecule has 0 radical (unpaired) electrons. The number of anilines is 1. The quantitative estimate of drug-likeness (QED) is 0.413. The first kappa shape index (κ1) is 26.9. The van der Waals surface area contributed by atoms with Crippen LogP contribution in [-0.2, 0) is 0 Å². The summed E-state index contributed by atoms with van der Waals surface area (Å²) < 4.78 is 0. The van der Waals surface area contributed by atoms with E-state index in [4.69, 9.17) is 0 Å². The summed E-state index contributed by atoms with van der Waals surface area (Å²) in [6.07, 6.45) is 10.8. The molecule has 0 aliphatic heterocycles. The molecule has 1 aromatic carbocycles. The molecule has 2 amide bonds. The zero-order chi connectivity index (χ0) is 20.5. The highest BCUT2D eigenvalue weighted by Gasteiger charge is 2.16. The number of benzene rings is 1. The maximum Gasteiger partial charge on any atom is 0.255 e. The molecule has 3 N–H and O–H groups in total. The number of hydrogen-bond donors (Lipinski definition) is 3. The van der Waals surface area contributed by atoms with Crippen LogP contribution >= 0.6 is 24.8 Å². The predicted molar refractivity (Wildman–Crippen MR) is 130 cm³/mol. The van der Waals surface area contributed by atoms with Crippen LogP contribution in [0.2, 0.25) is 0 Å². The molecular formula is C23H32Cl2N4O2. The summed E-state index contributed by atoms with van der Waals surface area (Å²) in [7, 11) is 0. The number of rotatable bonds is 7. The summed E-state index contributed by atoms with van der Waals surface area (Å²) in [6.45, 7) is 3.19. The maximum atomic E-state index is 12.7. The molecule has 1 saturated carbocycles. The summed E-state index contributed by atoms with van der Waals surface area (Å²) in [4.78, 5) is 29.2. The van der Waals surface area contributed by atoms with Gasteiger partial charge in [-0.05, 0) is 43.5 Å². The largest absolute Gasteiger partial charge is 0.351 e. The van der Waals surface area contributed by atoms with Crippen LogP contribution in [0.4, 0.5) is 5.69 Å². The fourth-order valence-corrected chi connectivity index (χ4v) is 3.74. The van der Waals surface area contributed by atoms with Crippen molar-refractivity contribution in [2.75, 3.05) is 18.4 Å². The van der Waals surface area contributed by atoms with Crippen molar-refractivity contribution in [3.8, 4) is 0 Å². The van der Waals surface area contributed by atoms with E-state index in [0.29, 0.717) is 29.4 Å². The molecule has 1 heterocycles. The van der Waals surface area contributed by atoms with Gasteiger partial charge in [0.15, 0.2) is 0 Å². The number of aryl methyl sites for hydroxylation is 1. The minimum absolute atomic E-state index is 0. The third-order valence-electron chi connectivity index (χ3n) is 5.40. The molecule has 6 nitrogen and oxygen atoms in total. The topological polar surface area (TPSA) is 83.1 Å². The molecule has 3 rings (SSSR count). The van der Waals surface area contributed by atoms with Gasteiger partial charge in [-0.3, -0.25) is 14.6 Å². The second kappa shape index (κ2) is 14.0. The van der Waals surface area contributed by atoms with Gasteiger partial charge in [0.2, 0.25) is 0 Å². The van der Waals surface area contributed by atoms with E-state index >= 15 is 0 Å². The second-order valence-electron chi connectivity index (χ2n) is 7.59. The van der Waals surface area contributed by atoms with E-state index in [1.165, 1.54) is 38.5 Å². The van der Waals surface area contributed by atoms with E-state index in [-0.39, 0.29) is 36.6 Å². The van der Waals surface area contributed by atoms with Crippen molar-refractivity contribution in [3.05, 3.63) is 59.4 Å². The monoisotopic (exact) mass is 466 g/mol. The van der Waals surface area contributed by atoms with Gasteiger partial charge in [0.05, 0.1) is 11.3 Å². The van der Waals surface area contributed by atoms with Gasteiger partial charge in [-0.25, -0.2) is 0 Å². The number of amides is 2. The second-order valence-corrected chi connectivity index (χ2v) is 7.59. The molecule has 31 heavy (non-hydrogen) atoms. The van der Waals surface area contributed by atoms with E-state index in [2.05, 4.69) is 20.9 Å². The van der Waals surface area contributed by atoms with E-state index in [9.17, 15) is 9.59 Å². The van der Waals surface area contributed by atoms with Crippen LogP contribution in [0.15, 0.2) is 42.7 Å². The Morgan fingerprint density at radius 2 is 1.61 bits per heavy atom. The first-order valence-corrected chi connectivity index (χ1v) is 10.5. The summed E-state index contributed by atoms with van der Waals surface area (Å²) >= 11 is 0. The number of para-hydroxylation sites is 1. The lowest BCUT2D eigenvalue weighted by atomic mass is 10.1. The lowest BCUT2D eigenvalue weighted by Crippen LogP contribution is -2.37. The van der Waals surface area contributed by atoms with Gasteiger partial charge in [-0.1, -0.05) is 37.8 Å². The van der Waals surface area contributed by atoms with Gasteiger partial charge in [-0.2, -0.15) is 0 Å². The van der Waals surface area contributed by atoms with Crippen LogP contribution in [0.3, 0.4) is 0 Å². The van der Waals surface area contributed by atoms with Gasteiger partial charge in [-0.15, -0.1) is 24.8 Å². The first-order chi connectivity index (χ1) is 14.1. The molecule has 0 bridgehead atoms. The van der Waals surface area contributed by atoms with Crippen LogP contribution in [0.1, 0.15) is 64.8 Å². The lowest BCUT2D eigenvalue weighted by molar-refractivity contribution is 0.0954. The standard InChI is InChI=1S/C23H30N4O2.2ClH/c1-17-7-6-10-20(21(17)27-22(28)18-11-13-24-14-12-18)23(29)26-16-15-25-19-8-4-2-3-5-9-19;;/h6-7,10-14,19,25H,2-5,8-9,15-16H2,1H3,(H,26,29)(H,27,28);2*1H. The van der Waals surface area contributed by atoms with Crippen LogP contribution in [0.25, 0.3) is 0 Å². The van der Waals surface area contributed by atoms with E-state index in [0.717, 1.165) is 12.1 Å². The number of carbonyl (C=O) groups excluding carboxylic acids is 2. The number of halogens is 2. The van der Waals surface area contributed by atoms with Gasteiger partial charge in [0, 0.05) is 37.1 Å². The van der Waals surface area contributed by atoms with E-state index < -0.39 is 0 Å². The van der Waals surface area contributed by atoms with Gasteiger partial charge >= 0.3 is 0 Å². The molecule has 1 aromatic heterocycles. The number of aromatic nitrogens is 1. The van der Waals surface area contributed by atoms with E-state index in [1.54, 1.807) is 30.6 Å². The predicted octanol–water partition coefficient (Wildman–Crippen LogP) is 4.53. The Morgan fingerprint density at radius 1 is 0.935 bits per heavy atom. The number of hydrogen-bond acceptors (Lipinski definition) is 4. The Kier molecular flexibility index (Phi) is 12.2. The Balaban J connectivity index is 0.00000240. The average molecular weight is 467 g/mol. The number of pyridine rings is 1. The SMILES string of the molecule is Cc1cccc(C(=O)NCCNC2CCCCCC2)c1NC(=O)c1ccncc1.Cl.Cl. The summed E-state index contributed by atoms with van der Waals surface area (Å²) in [6, 6.07) is 9.30. The Hall–Kier alpha value is -2.15. The summed E-state index contributed by atoms with van der Waals surface area (Å²) in [5.41, 5.74) is 2.37. The highest BCUT2D eigenvalue weighted by atomic mass is 35.5. The normalized spacial score (nSPS) is 13.8. The van der Waals surface area contributed by atoms with Crippen LogP contribution < -0.4 is 16.0 Å². The number of nitrogens with zero attached hydrogens (tertiary/aromatic N) is 1. The molecule has 0 atom stereocenters. The number of carbonyl (C=O) groups is 2. The molecule has 1 aliphatic rings. The maximum absolute atomic E-state index is 12.7. The Morgan fingerprint density at radius 3 is 2.29 bits per heavy atom. The molecule has 0 spiro atoms. The molecule has 170 valence electrons. The smallest absolute Gasteiger partial charge is 0.255 e. The summed E-state index contributed by atoms with van der Waals surface area (Å²) in [5, 5.41) is 9.41. The third-order valence-corrected chi connectivity index (χ3v) is 5.40. The van der Waals surface area contributed by atoms with Crippen molar-refractivity contribution >= 4 is 42.3 Å². The van der Waals surface area contributed by atoms with Gasteiger partial charge < -0.3 is 16.0 Å². The molecule has 1 fully saturated rings. The van der Waals surface area contributed by atoms with E-state index in [1.807, 2.05) is 19.1 Å². The van der Waals surface area contributed by atoms with Crippen LogP contribution in [-0.4, -0.2) is 35.9 Å². The van der Waals surface area contributed by atoms with Gasteiger partial charge in [0.1, 0.15) is 0 Å². The molecule has 0 saturated heterocycles. The number of nitrogens with one attached hydrogen (secondary N) is 3. The van der Waals surface area contributed by atoms with Crippen molar-refractivity contribution in [1.82, 2.24) is 15.6 Å². The van der Waals surface area contributed by atoms with Crippen molar-refractivity contribution in [3.63, 3.8) is 0 Å². The Bertz CT molecular complexity index is 826. The van der Waals surface area contributed by atoms with Crippen molar-refractivity contribution < 1.29 is 9.59 Å². The molecule has 8 heteroatoms. The van der Waals surface area contributed by atoms with Crippen molar-refractivity contribution in [2.24, 2.45) is 0 Å². The zero-order valence-corrected chi connectivity index (χ0v) is 19.5. The van der Waals surface area contributed by atoms with Gasteiger partial charge in [0.25, 0.3) is 11.8 Å². The minimum atomic E-state index is -0.259. The molecule has 0 unspecified atom stereocenters. The Labute approximate surface area is 196 Å². The van der Waals surface area contributed by atoms with Crippen LogP contribution in [0, 0.1) is 6.92 Å². The van der Waals surface area contributed by atoms with Crippen molar-refractivity contribution in [2.45, 2.75) is 51.5 Å². The fraction of sp³-hybridized carbons (Fsp3) is 0.435. The highest BCUT2D eigenvalue weighted by molar-refractivity contribution is 6.09. The molecular weight excluding hydrogens is 435 g/mol. The fourth-order valence-electron chi connectivity index (χ4n) is 3.74. The summed E-state index contributed by atoms with van der Waals surface area (Å²) in [5.74, 6) is -0.438. The minimum Gasteiger partial charge on any atom is -0.351 e. The van der Waals surface area contributed by atoms with Crippen molar-refractivity contribution in [1.29, 1.82) is 0 Å². The first-order valence-electron chi connectivity index (χ1n) is 10.5. The molecule has 2 aromatic rings. The average Bonchev–Trinajstić information content (AvgIpc) is 3.02. The molecule has 1 aliphatic carbocycles. The highest BCUT2D eigenvalue weighted by Crippen LogP contribution is 2.21.